The fraction of sp³-hybridized carbons (Fsp3) is 0.176. The number of anilines is 1. The van der Waals surface area contributed by atoms with Crippen molar-refractivity contribution in [3.63, 3.8) is 0 Å². The lowest BCUT2D eigenvalue weighted by atomic mass is 10.2. The molecule has 2 aromatic carbocycles. The first kappa shape index (κ1) is 17.0. The van der Waals surface area contributed by atoms with E-state index >= 15 is 0 Å². The van der Waals surface area contributed by atoms with E-state index in [-0.39, 0.29) is 5.91 Å². The zero-order valence-electron chi connectivity index (χ0n) is 13.2. The summed E-state index contributed by atoms with van der Waals surface area (Å²) in [6, 6.07) is 12.7. The largest absolute Gasteiger partial charge is 0.497 e. The summed E-state index contributed by atoms with van der Waals surface area (Å²) >= 11 is 3.52. The second-order valence-electron chi connectivity index (χ2n) is 5.03. The number of carbonyl (C=O) groups excluding carboxylic acids is 1. The molecule has 0 heterocycles. The summed E-state index contributed by atoms with van der Waals surface area (Å²) in [4.78, 5) is 14.0. The van der Waals surface area contributed by atoms with Crippen LogP contribution in [0.4, 0.5) is 5.69 Å². The Morgan fingerprint density at radius 3 is 2.48 bits per heavy atom. The molecule has 0 aliphatic carbocycles. The van der Waals surface area contributed by atoms with Gasteiger partial charge in [0.1, 0.15) is 5.75 Å². The van der Waals surface area contributed by atoms with Crippen molar-refractivity contribution in [2.75, 3.05) is 26.1 Å². The van der Waals surface area contributed by atoms with Crippen LogP contribution in [0.3, 0.4) is 0 Å². The highest BCUT2D eigenvalue weighted by molar-refractivity contribution is 9.10. The Morgan fingerprint density at radius 2 is 1.91 bits per heavy atom. The molecule has 2 aromatic rings. The second-order valence-corrected chi connectivity index (χ2v) is 5.89. The van der Waals surface area contributed by atoms with Gasteiger partial charge in [0.25, 0.3) is 5.91 Å². The molecule has 1 N–H and O–H groups in total. The molecule has 5 nitrogen and oxygen atoms in total. The lowest BCUT2D eigenvalue weighted by molar-refractivity contribution is 0.0955. The fourth-order valence-corrected chi connectivity index (χ4v) is 2.69. The third-order valence-corrected chi connectivity index (χ3v) is 3.82. The smallest absolute Gasteiger partial charge is 0.271 e. The summed E-state index contributed by atoms with van der Waals surface area (Å²) in [5, 5.41) is 3.99. The number of nitrogens with one attached hydrogen (secondary N) is 1. The third kappa shape index (κ3) is 4.56. The van der Waals surface area contributed by atoms with E-state index < -0.39 is 0 Å². The van der Waals surface area contributed by atoms with E-state index in [1.807, 2.05) is 37.2 Å². The summed E-state index contributed by atoms with van der Waals surface area (Å²) in [5.41, 5.74) is 4.99. The second kappa shape index (κ2) is 7.78. The zero-order valence-corrected chi connectivity index (χ0v) is 14.8. The molecule has 0 aromatic heterocycles. The maximum absolute atomic E-state index is 12.0. The zero-order chi connectivity index (χ0) is 16.8. The van der Waals surface area contributed by atoms with Crippen LogP contribution < -0.4 is 15.1 Å². The van der Waals surface area contributed by atoms with Crippen molar-refractivity contribution >= 4 is 33.7 Å². The molecule has 23 heavy (non-hydrogen) atoms. The number of benzene rings is 2. The Bertz CT molecular complexity index is 712. The molecule has 0 atom stereocenters. The summed E-state index contributed by atoms with van der Waals surface area (Å²) < 4.78 is 6.02. The first-order valence-corrected chi connectivity index (χ1v) is 7.75. The van der Waals surface area contributed by atoms with Gasteiger partial charge in [0, 0.05) is 24.1 Å². The van der Waals surface area contributed by atoms with E-state index in [1.54, 1.807) is 37.6 Å². The van der Waals surface area contributed by atoms with Gasteiger partial charge in [-0.3, -0.25) is 4.79 Å². The number of nitrogens with zero attached hydrogens (tertiary/aromatic N) is 2. The molecule has 0 saturated carbocycles. The number of hydrogen-bond acceptors (Lipinski definition) is 4. The van der Waals surface area contributed by atoms with Crippen LogP contribution in [-0.4, -0.2) is 33.3 Å². The van der Waals surface area contributed by atoms with Crippen LogP contribution in [0.1, 0.15) is 15.9 Å². The normalized spacial score (nSPS) is 10.6. The molecule has 0 saturated heterocycles. The van der Waals surface area contributed by atoms with E-state index in [9.17, 15) is 4.79 Å². The van der Waals surface area contributed by atoms with Crippen LogP contribution in [-0.2, 0) is 0 Å². The van der Waals surface area contributed by atoms with E-state index in [4.69, 9.17) is 4.74 Å². The lowest BCUT2D eigenvalue weighted by Gasteiger charge is -2.14. The van der Waals surface area contributed by atoms with Crippen LogP contribution in [0.5, 0.6) is 5.75 Å². The molecule has 0 aliphatic rings. The standard InChI is InChI=1S/C17H18BrN3O2/c1-21(2)16-9-4-12(10-15(16)18)11-19-20-17(22)13-5-7-14(23-3)8-6-13/h4-11H,1-3H3,(H,20,22)/b19-11-. The van der Waals surface area contributed by atoms with Crippen LogP contribution in [0.25, 0.3) is 0 Å². The molecule has 1 amide bonds. The third-order valence-electron chi connectivity index (χ3n) is 3.19. The fourth-order valence-electron chi connectivity index (χ4n) is 1.94. The van der Waals surface area contributed by atoms with Crippen LogP contribution in [0, 0.1) is 0 Å². The van der Waals surface area contributed by atoms with Crippen molar-refractivity contribution in [3.8, 4) is 5.75 Å². The highest BCUT2D eigenvalue weighted by Crippen LogP contribution is 2.25. The molecule has 0 aliphatic heterocycles. The summed E-state index contributed by atoms with van der Waals surface area (Å²) in [6.45, 7) is 0. The van der Waals surface area contributed by atoms with Gasteiger partial charge in [-0.1, -0.05) is 6.07 Å². The summed E-state index contributed by atoms with van der Waals surface area (Å²) in [7, 11) is 5.53. The number of hydrogen-bond donors (Lipinski definition) is 1. The Hall–Kier alpha value is -2.34. The first-order chi connectivity index (χ1) is 11.0. The molecule has 0 spiro atoms. The topological polar surface area (TPSA) is 53.9 Å². The molecule has 6 heteroatoms. The minimum absolute atomic E-state index is 0.270. The van der Waals surface area contributed by atoms with Gasteiger partial charge in [-0.2, -0.15) is 5.10 Å². The van der Waals surface area contributed by atoms with Crippen molar-refractivity contribution in [3.05, 3.63) is 58.1 Å². The minimum atomic E-state index is -0.270. The van der Waals surface area contributed by atoms with Crippen molar-refractivity contribution < 1.29 is 9.53 Å². The van der Waals surface area contributed by atoms with Crippen LogP contribution in [0.15, 0.2) is 52.0 Å². The Labute approximate surface area is 144 Å². The highest BCUT2D eigenvalue weighted by Gasteiger charge is 2.04. The number of rotatable bonds is 5. The van der Waals surface area contributed by atoms with Crippen LogP contribution in [0.2, 0.25) is 0 Å². The van der Waals surface area contributed by atoms with Crippen LogP contribution >= 0.6 is 15.9 Å². The monoisotopic (exact) mass is 375 g/mol. The van der Waals surface area contributed by atoms with E-state index in [0.717, 1.165) is 15.7 Å². The number of carbonyl (C=O) groups is 1. The average Bonchev–Trinajstić information content (AvgIpc) is 2.54. The molecule has 120 valence electrons. The average molecular weight is 376 g/mol. The van der Waals surface area contributed by atoms with Crippen molar-refractivity contribution in [1.29, 1.82) is 0 Å². The molecule has 0 radical (unpaired) electrons. The predicted molar refractivity (Wildman–Crippen MR) is 96.5 cm³/mol. The minimum Gasteiger partial charge on any atom is -0.497 e. The molecule has 0 unspecified atom stereocenters. The maximum Gasteiger partial charge on any atom is 0.271 e. The number of amides is 1. The molecular formula is C17H18BrN3O2. The summed E-state index contributed by atoms with van der Waals surface area (Å²) in [5.74, 6) is 0.434. The van der Waals surface area contributed by atoms with E-state index in [2.05, 4.69) is 26.5 Å². The Morgan fingerprint density at radius 1 is 1.22 bits per heavy atom. The predicted octanol–water partition coefficient (Wildman–Crippen LogP) is 3.29. The first-order valence-electron chi connectivity index (χ1n) is 6.95. The lowest BCUT2D eigenvalue weighted by Crippen LogP contribution is -2.17. The van der Waals surface area contributed by atoms with Gasteiger partial charge in [-0.25, -0.2) is 5.43 Å². The summed E-state index contributed by atoms with van der Waals surface area (Å²) in [6.07, 6.45) is 1.60. The van der Waals surface area contributed by atoms with Gasteiger partial charge in [0.15, 0.2) is 0 Å². The van der Waals surface area contributed by atoms with Gasteiger partial charge < -0.3 is 9.64 Å². The van der Waals surface area contributed by atoms with Gasteiger partial charge in [-0.15, -0.1) is 0 Å². The number of methoxy groups -OCH3 is 1. The van der Waals surface area contributed by atoms with E-state index in [1.165, 1.54) is 0 Å². The molecule has 2 rings (SSSR count). The number of halogens is 1. The van der Waals surface area contributed by atoms with Gasteiger partial charge in [0.2, 0.25) is 0 Å². The van der Waals surface area contributed by atoms with Crippen molar-refractivity contribution in [2.24, 2.45) is 5.10 Å². The van der Waals surface area contributed by atoms with Crippen molar-refractivity contribution in [1.82, 2.24) is 5.43 Å². The molecular weight excluding hydrogens is 358 g/mol. The maximum atomic E-state index is 12.0. The molecule has 0 bridgehead atoms. The quantitative estimate of drug-likeness (QED) is 0.644. The Kier molecular flexibility index (Phi) is 5.76. The van der Waals surface area contributed by atoms with Crippen molar-refractivity contribution in [2.45, 2.75) is 0 Å². The highest BCUT2D eigenvalue weighted by atomic mass is 79.9. The SMILES string of the molecule is COc1ccc(C(=O)N/N=C\c2ccc(N(C)C)c(Br)c2)cc1. The molecule has 0 fully saturated rings. The number of hydrazone groups is 1. The van der Waals surface area contributed by atoms with Gasteiger partial charge >= 0.3 is 0 Å². The Balaban J connectivity index is 2.00. The van der Waals surface area contributed by atoms with Gasteiger partial charge in [0.05, 0.1) is 19.0 Å². The number of ether oxygens (including phenoxy) is 1. The van der Waals surface area contributed by atoms with Gasteiger partial charge in [-0.05, 0) is 57.9 Å². The van der Waals surface area contributed by atoms with E-state index in [0.29, 0.717) is 11.3 Å².